The number of hydrogen-bond donors (Lipinski definition) is 1. The number of carbonyl (C=O) groups excluding carboxylic acids is 1. The van der Waals surface area contributed by atoms with Gasteiger partial charge in [0.2, 0.25) is 5.91 Å². The Bertz CT molecular complexity index is 1090. The van der Waals surface area contributed by atoms with Gasteiger partial charge in [-0.1, -0.05) is 51.1 Å². The van der Waals surface area contributed by atoms with Crippen LogP contribution in [0.25, 0.3) is 10.2 Å². The van der Waals surface area contributed by atoms with Crippen LogP contribution in [0, 0.1) is 11.3 Å². The predicted molar refractivity (Wildman–Crippen MR) is 117 cm³/mol. The van der Waals surface area contributed by atoms with Gasteiger partial charge in [-0.15, -0.1) is 11.3 Å². The van der Waals surface area contributed by atoms with E-state index < -0.39 is 0 Å². The highest BCUT2D eigenvalue weighted by Gasteiger charge is 2.31. The number of hydrogen-bond acceptors (Lipinski definition) is 4. The second-order valence-electron chi connectivity index (χ2n) is 8.93. The van der Waals surface area contributed by atoms with Crippen LogP contribution in [0.4, 0.5) is 0 Å². The highest BCUT2D eigenvalue weighted by molar-refractivity contribution is 7.18. The van der Waals surface area contributed by atoms with Crippen molar-refractivity contribution >= 4 is 27.5 Å². The van der Waals surface area contributed by atoms with Gasteiger partial charge >= 0.3 is 0 Å². The number of benzene rings is 1. The van der Waals surface area contributed by atoms with Crippen molar-refractivity contribution in [2.45, 2.75) is 53.1 Å². The van der Waals surface area contributed by atoms with E-state index in [2.05, 4.69) is 31.1 Å². The average Bonchev–Trinajstić information content (AvgIpc) is 3.07. The third kappa shape index (κ3) is 4.13. The number of rotatable bonds is 4. The quantitative estimate of drug-likeness (QED) is 0.710. The Labute approximate surface area is 174 Å². The third-order valence-corrected chi connectivity index (χ3v) is 7.07. The van der Waals surface area contributed by atoms with Crippen molar-refractivity contribution in [1.82, 2.24) is 14.9 Å². The monoisotopic (exact) mass is 409 g/mol. The Kier molecular flexibility index (Phi) is 5.30. The maximum atomic E-state index is 13.1. The first kappa shape index (κ1) is 19.8. The molecule has 29 heavy (non-hydrogen) atoms. The maximum Gasteiger partial charge on any atom is 0.262 e. The van der Waals surface area contributed by atoms with Crippen LogP contribution in [0.2, 0.25) is 0 Å². The van der Waals surface area contributed by atoms with E-state index in [0.717, 1.165) is 40.6 Å². The van der Waals surface area contributed by atoms with Gasteiger partial charge in [-0.3, -0.25) is 14.2 Å². The molecule has 4 rings (SSSR count). The molecule has 1 aromatic carbocycles. The van der Waals surface area contributed by atoms with Gasteiger partial charge in [-0.05, 0) is 41.7 Å². The van der Waals surface area contributed by atoms with Gasteiger partial charge in [0.25, 0.3) is 5.56 Å². The van der Waals surface area contributed by atoms with Crippen LogP contribution in [0.3, 0.4) is 0 Å². The summed E-state index contributed by atoms with van der Waals surface area (Å²) in [6, 6.07) is 9.74. The van der Waals surface area contributed by atoms with Gasteiger partial charge in [0.05, 0.1) is 11.7 Å². The number of aryl methyl sites for hydroxylation is 1. The SMILES string of the molecule is CC(C)(C)C1CCc2c(sc3ncn(CC(=O)NCc4ccccc4)c(=O)c23)C1. The zero-order valence-corrected chi connectivity index (χ0v) is 18.0. The summed E-state index contributed by atoms with van der Waals surface area (Å²) in [5.74, 6) is 0.433. The molecule has 0 saturated carbocycles. The van der Waals surface area contributed by atoms with E-state index >= 15 is 0 Å². The van der Waals surface area contributed by atoms with Gasteiger partial charge in [0.1, 0.15) is 11.4 Å². The summed E-state index contributed by atoms with van der Waals surface area (Å²) in [6.07, 6.45) is 4.53. The van der Waals surface area contributed by atoms with Gasteiger partial charge < -0.3 is 5.32 Å². The standard InChI is InChI=1S/C23H27N3O2S/c1-23(2,3)16-9-10-17-18(11-16)29-21-20(17)22(28)26(14-25-21)13-19(27)24-12-15-7-5-4-6-8-15/h4-8,14,16H,9-13H2,1-3H3,(H,24,27). The van der Waals surface area contributed by atoms with E-state index in [1.807, 2.05) is 30.3 Å². The number of aromatic nitrogens is 2. The first-order valence-corrected chi connectivity index (χ1v) is 10.9. The number of fused-ring (bicyclic) bond motifs is 3. The molecule has 0 saturated heterocycles. The molecule has 2 heterocycles. The topological polar surface area (TPSA) is 64.0 Å². The third-order valence-electron chi connectivity index (χ3n) is 5.91. The number of thiophene rings is 1. The normalized spacial score (nSPS) is 16.6. The van der Waals surface area contributed by atoms with Crippen molar-refractivity contribution in [3.8, 4) is 0 Å². The highest BCUT2D eigenvalue weighted by Crippen LogP contribution is 2.41. The van der Waals surface area contributed by atoms with Crippen LogP contribution in [-0.2, 0) is 30.7 Å². The van der Waals surface area contributed by atoms with Gasteiger partial charge in [0, 0.05) is 11.4 Å². The molecule has 1 aliphatic rings. The molecular weight excluding hydrogens is 382 g/mol. The van der Waals surface area contributed by atoms with Gasteiger partial charge in [0.15, 0.2) is 0 Å². The first-order valence-electron chi connectivity index (χ1n) is 10.1. The number of nitrogens with zero attached hydrogens (tertiary/aromatic N) is 2. The molecule has 1 amide bonds. The lowest BCUT2D eigenvalue weighted by Crippen LogP contribution is -2.32. The molecule has 6 heteroatoms. The van der Waals surface area contributed by atoms with Crippen LogP contribution >= 0.6 is 11.3 Å². The molecule has 0 aliphatic heterocycles. The van der Waals surface area contributed by atoms with Crippen molar-refractivity contribution in [3.05, 3.63) is 63.0 Å². The Balaban J connectivity index is 1.54. The molecular formula is C23H27N3O2S. The zero-order chi connectivity index (χ0) is 20.6. The summed E-state index contributed by atoms with van der Waals surface area (Å²) in [5, 5.41) is 3.60. The van der Waals surface area contributed by atoms with Crippen molar-refractivity contribution in [1.29, 1.82) is 0 Å². The van der Waals surface area contributed by atoms with Crippen molar-refractivity contribution in [2.24, 2.45) is 11.3 Å². The van der Waals surface area contributed by atoms with E-state index in [0.29, 0.717) is 12.5 Å². The van der Waals surface area contributed by atoms with Crippen molar-refractivity contribution in [3.63, 3.8) is 0 Å². The first-order chi connectivity index (χ1) is 13.8. The Morgan fingerprint density at radius 2 is 2.03 bits per heavy atom. The van der Waals surface area contributed by atoms with Crippen LogP contribution in [0.5, 0.6) is 0 Å². The van der Waals surface area contributed by atoms with E-state index in [-0.39, 0.29) is 23.4 Å². The summed E-state index contributed by atoms with van der Waals surface area (Å²) >= 11 is 1.64. The Hall–Kier alpha value is -2.47. The highest BCUT2D eigenvalue weighted by atomic mass is 32.1. The minimum absolute atomic E-state index is 0.0101. The minimum atomic E-state index is -0.186. The lowest BCUT2D eigenvalue weighted by atomic mass is 9.72. The van der Waals surface area contributed by atoms with Crippen LogP contribution in [0.15, 0.2) is 41.5 Å². The fraction of sp³-hybridized carbons (Fsp3) is 0.435. The van der Waals surface area contributed by atoms with E-state index in [1.54, 1.807) is 11.3 Å². The second-order valence-corrected chi connectivity index (χ2v) is 10.0. The number of carbonyl (C=O) groups is 1. The number of amides is 1. The summed E-state index contributed by atoms with van der Waals surface area (Å²) in [5.41, 5.74) is 2.35. The number of nitrogens with one attached hydrogen (secondary N) is 1. The summed E-state index contributed by atoms with van der Waals surface area (Å²) < 4.78 is 1.44. The molecule has 3 aromatic rings. The van der Waals surface area contributed by atoms with E-state index in [1.165, 1.54) is 15.8 Å². The Morgan fingerprint density at radius 1 is 1.28 bits per heavy atom. The van der Waals surface area contributed by atoms with Crippen LogP contribution < -0.4 is 10.9 Å². The predicted octanol–water partition coefficient (Wildman–Crippen LogP) is 3.93. The fourth-order valence-corrected chi connectivity index (χ4v) is 5.32. The molecule has 1 aliphatic carbocycles. The molecule has 1 unspecified atom stereocenters. The summed E-state index contributed by atoms with van der Waals surface area (Å²) in [6.45, 7) is 7.30. The lowest BCUT2D eigenvalue weighted by Gasteiger charge is -2.33. The fourth-order valence-electron chi connectivity index (χ4n) is 4.06. The largest absolute Gasteiger partial charge is 0.350 e. The van der Waals surface area contributed by atoms with Gasteiger partial charge in [-0.2, -0.15) is 0 Å². The van der Waals surface area contributed by atoms with Gasteiger partial charge in [-0.25, -0.2) is 4.98 Å². The summed E-state index contributed by atoms with van der Waals surface area (Å²) in [4.78, 5) is 32.1. The smallest absolute Gasteiger partial charge is 0.262 e. The zero-order valence-electron chi connectivity index (χ0n) is 17.2. The summed E-state index contributed by atoms with van der Waals surface area (Å²) in [7, 11) is 0. The molecule has 2 aromatic heterocycles. The molecule has 0 bridgehead atoms. The van der Waals surface area contributed by atoms with Crippen molar-refractivity contribution < 1.29 is 4.79 Å². The molecule has 0 spiro atoms. The van der Waals surface area contributed by atoms with E-state index in [4.69, 9.17) is 0 Å². The van der Waals surface area contributed by atoms with Crippen LogP contribution in [0.1, 0.15) is 43.2 Å². The maximum absolute atomic E-state index is 13.1. The van der Waals surface area contributed by atoms with Crippen molar-refractivity contribution in [2.75, 3.05) is 0 Å². The lowest BCUT2D eigenvalue weighted by molar-refractivity contribution is -0.121. The van der Waals surface area contributed by atoms with Crippen LogP contribution in [-0.4, -0.2) is 15.5 Å². The Morgan fingerprint density at radius 3 is 2.76 bits per heavy atom. The average molecular weight is 410 g/mol. The molecule has 152 valence electrons. The molecule has 0 fully saturated rings. The van der Waals surface area contributed by atoms with E-state index in [9.17, 15) is 9.59 Å². The minimum Gasteiger partial charge on any atom is -0.350 e. The molecule has 1 atom stereocenters. The molecule has 5 nitrogen and oxygen atoms in total. The second kappa shape index (κ2) is 7.75. The molecule has 1 N–H and O–H groups in total. The molecule has 0 radical (unpaired) electrons.